The molecule has 0 radical (unpaired) electrons. The lowest BCUT2D eigenvalue weighted by Crippen LogP contribution is -2.57. The number of nitrogens with one attached hydrogen (secondary N) is 3. The molecule has 0 aliphatic carbocycles. The fraction of sp³-hybridized carbons (Fsp3) is 0.278. The minimum Gasteiger partial charge on any atom is -0.445 e. The van der Waals surface area contributed by atoms with Gasteiger partial charge in [0.1, 0.15) is 30.8 Å². The normalized spacial score (nSPS) is 18.6. The third kappa shape index (κ3) is 10.5. The van der Waals surface area contributed by atoms with Gasteiger partial charge in [-0.25, -0.2) is 4.79 Å². The summed E-state index contributed by atoms with van der Waals surface area (Å²) < 4.78 is 5.53. The first-order valence-electron chi connectivity index (χ1n) is 23.6. The molecule has 2 fully saturated rings. The van der Waals surface area contributed by atoms with E-state index in [-0.39, 0.29) is 56.2 Å². The van der Waals surface area contributed by atoms with Gasteiger partial charge in [0.15, 0.2) is 0 Å². The molecule has 0 aromatic heterocycles. The molecule has 9 rings (SSSR count). The Bertz CT molecular complexity index is 2800. The van der Waals surface area contributed by atoms with E-state index in [0.717, 1.165) is 26.5 Å². The highest BCUT2D eigenvalue weighted by Gasteiger charge is 2.49. The van der Waals surface area contributed by atoms with Gasteiger partial charge in [-0.1, -0.05) is 115 Å². The molecule has 4 aliphatic rings. The number of hydrogen-bond acceptors (Lipinski definition) is 11. The van der Waals surface area contributed by atoms with Crippen LogP contribution in [0.15, 0.2) is 140 Å². The van der Waals surface area contributed by atoms with Gasteiger partial charge >= 0.3 is 6.09 Å². The van der Waals surface area contributed by atoms with Gasteiger partial charge < -0.3 is 35.4 Å². The lowest BCUT2D eigenvalue weighted by Gasteiger charge is -2.33. The number of imide groups is 2. The molecule has 18 heteroatoms. The third-order valence-corrected chi connectivity index (χ3v) is 13.1. The zero-order valence-electron chi connectivity index (χ0n) is 39.8. The Hall–Kier alpha value is -8.51. The van der Waals surface area contributed by atoms with Gasteiger partial charge in [-0.3, -0.25) is 48.2 Å². The maximum atomic E-state index is 14.2. The van der Waals surface area contributed by atoms with Crippen LogP contribution in [0.25, 0.3) is 0 Å². The van der Waals surface area contributed by atoms with Crippen LogP contribution in [-0.4, -0.2) is 155 Å². The van der Waals surface area contributed by atoms with Crippen molar-refractivity contribution in [2.45, 2.75) is 43.6 Å². The average Bonchev–Trinajstić information content (AvgIpc) is 3.61. The Kier molecular flexibility index (Phi) is 15.6. The predicted molar refractivity (Wildman–Crippen MR) is 262 cm³/mol. The van der Waals surface area contributed by atoms with E-state index in [1.807, 2.05) is 91.0 Å². The van der Waals surface area contributed by atoms with Gasteiger partial charge in [-0.05, 0) is 41.0 Å². The summed E-state index contributed by atoms with van der Waals surface area (Å²) in [5.41, 5.74) is 3.49. The number of likely N-dealkylation sites (N-methyl/N-ethyl adjacent to an activating group) is 2. The van der Waals surface area contributed by atoms with Gasteiger partial charge in [0.25, 0.3) is 23.6 Å². The van der Waals surface area contributed by atoms with Crippen LogP contribution in [0.4, 0.5) is 4.79 Å². The summed E-state index contributed by atoms with van der Waals surface area (Å²) in [5, 5.41) is 8.40. The SMILES string of the molecule is CNC(=O)[C@H](Cc1ccccc1)N1CCN(C(=O)OCc2ccccc2)C[C@H](N2C(=O)c3ccccc3C2=O)C1=O.CNC(=O)[C@H](Cc1ccccc1)N1CCNC[C@H](N2C(=O)c3ccccc3C2=O)C1=O. The van der Waals surface area contributed by atoms with E-state index in [9.17, 15) is 43.2 Å². The second-order valence-electron chi connectivity index (χ2n) is 17.5. The first-order valence-corrected chi connectivity index (χ1v) is 23.6. The Balaban J connectivity index is 0.000000200. The van der Waals surface area contributed by atoms with Crippen molar-refractivity contribution in [3.05, 3.63) is 178 Å². The van der Waals surface area contributed by atoms with Gasteiger partial charge in [0, 0.05) is 59.7 Å². The smallest absolute Gasteiger partial charge is 0.410 e. The quantitative estimate of drug-likeness (QED) is 0.155. The van der Waals surface area contributed by atoms with Crippen molar-refractivity contribution >= 4 is 53.4 Å². The minimum atomic E-state index is -1.35. The van der Waals surface area contributed by atoms with E-state index >= 15 is 0 Å². The zero-order valence-corrected chi connectivity index (χ0v) is 39.8. The number of fused-ring (bicyclic) bond motifs is 2. The Morgan fingerprint density at radius 2 is 0.917 bits per heavy atom. The average molecular weight is 975 g/mol. The zero-order chi connectivity index (χ0) is 50.9. The largest absolute Gasteiger partial charge is 0.445 e. The molecular weight excluding hydrogens is 921 g/mol. The summed E-state index contributed by atoms with van der Waals surface area (Å²) in [4.78, 5) is 126. The summed E-state index contributed by atoms with van der Waals surface area (Å²) in [6, 6.07) is 36.7. The summed E-state index contributed by atoms with van der Waals surface area (Å²) >= 11 is 0. The van der Waals surface area contributed by atoms with Crippen molar-refractivity contribution in [2.24, 2.45) is 0 Å². The maximum Gasteiger partial charge on any atom is 0.410 e. The molecule has 5 aromatic rings. The molecule has 0 spiro atoms. The molecule has 3 N–H and O–H groups in total. The Morgan fingerprint density at radius 1 is 0.528 bits per heavy atom. The number of nitrogens with zero attached hydrogens (tertiary/aromatic N) is 5. The molecule has 4 heterocycles. The van der Waals surface area contributed by atoms with Crippen LogP contribution in [-0.2, 0) is 43.4 Å². The molecule has 18 nitrogen and oxygen atoms in total. The highest BCUT2D eigenvalue weighted by Crippen LogP contribution is 2.29. The van der Waals surface area contributed by atoms with E-state index in [2.05, 4.69) is 16.0 Å². The highest BCUT2D eigenvalue weighted by atomic mass is 16.6. The van der Waals surface area contributed by atoms with Crippen LogP contribution in [0.2, 0.25) is 0 Å². The lowest BCUT2D eigenvalue weighted by molar-refractivity contribution is -0.142. The highest BCUT2D eigenvalue weighted by molar-refractivity contribution is 6.24. The molecule has 370 valence electrons. The number of amides is 9. The first-order chi connectivity index (χ1) is 34.9. The molecular formula is C54H54N8O10. The standard InChI is InChI=1S/C31H30N4O6.C23H24N4O4/c1-32-27(36)25(18-21-10-4-2-5-11-21)34-17-16-33(31(40)41-20-22-12-6-3-7-13-22)19-26(30(34)39)35-28(37)23-14-8-9-15-24(23)29(35)38;1-24-20(28)18(13-15-7-3-2-4-8-15)26-12-11-25-14-19(23(26)31)27-21(29)16-9-5-6-10-17(16)22(27)30/h2-15,25-26H,16-20H2,1H3,(H,32,36);2-10,18-19,25H,11-14H2,1H3,(H,24,28)/t25-,26-;18-,19-/m00/s1. The Morgan fingerprint density at radius 3 is 1.36 bits per heavy atom. The number of carbonyl (C=O) groups excluding carboxylic acids is 9. The van der Waals surface area contributed by atoms with E-state index in [1.165, 1.54) is 40.9 Å². The molecule has 4 aliphatic heterocycles. The monoisotopic (exact) mass is 974 g/mol. The molecule has 0 unspecified atom stereocenters. The summed E-state index contributed by atoms with van der Waals surface area (Å²) in [6.45, 7) is 0.690. The molecule has 2 saturated heterocycles. The number of carbonyl (C=O) groups is 9. The van der Waals surface area contributed by atoms with Gasteiger partial charge in [-0.2, -0.15) is 0 Å². The van der Waals surface area contributed by atoms with Gasteiger partial charge in [0.2, 0.25) is 23.6 Å². The first kappa shape index (κ1) is 49.9. The lowest BCUT2D eigenvalue weighted by atomic mass is 10.0. The fourth-order valence-corrected chi connectivity index (χ4v) is 9.40. The molecule has 0 saturated carbocycles. The summed E-state index contributed by atoms with van der Waals surface area (Å²) in [5.74, 6) is -3.91. The van der Waals surface area contributed by atoms with Crippen molar-refractivity contribution in [1.29, 1.82) is 0 Å². The van der Waals surface area contributed by atoms with Crippen LogP contribution >= 0.6 is 0 Å². The number of hydrogen-bond donors (Lipinski definition) is 3. The van der Waals surface area contributed by atoms with Crippen molar-refractivity contribution in [3.8, 4) is 0 Å². The molecule has 9 amide bonds. The number of ether oxygens (including phenoxy) is 1. The van der Waals surface area contributed by atoms with Crippen molar-refractivity contribution in [1.82, 2.24) is 40.4 Å². The van der Waals surface area contributed by atoms with Crippen molar-refractivity contribution in [3.63, 3.8) is 0 Å². The van der Waals surface area contributed by atoms with E-state index in [1.54, 1.807) is 36.4 Å². The van der Waals surface area contributed by atoms with Crippen molar-refractivity contribution in [2.75, 3.05) is 53.4 Å². The minimum absolute atomic E-state index is 0.00383. The van der Waals surface area contributed by atoms with Crippen molar-refractivity contribution < 1.29 is 47.9 Å². The number of benzene rings is 5. The predicted octanol–water partition coefficient (Wildman–Crippen LogP) is 2.93. The second kappa shape index (κ2) is 22.5. The third-order valence-electron chi connectivity index (χ3n) is 13.1. The van der Waals surface area contributed by atoms with Gasteiger partial charge in [0.05, 0.1) is 28.8 Å². The summed E-state index contributed by atoms with van der Waals surface area (Å²) in [6.07, 6.45) is -0.148. The van der Waals surface area contributed by atoms with E-state index < -0.39 is 71.6 Å². The molecule has 5 aromatic carbocycles. The summed E-state index contributed by atoms with van der Waals surface area (Å²) in [7, 11) is 3.01. The maximum absolute atomic E-state index is 14.2. The molecule has 4 atom stereocenters. The van der Waals surface area contributed by atoms with Crippen LogP contribution in [0.5, 0.6) is 0 Å². The van der Waals surface area contributed by atoms with E-state index in [0.29, 0.717) is 30.6 Å². The Labute approximate surface area is 415 Å². The van der Waals surface area contributed by atoms with Crippen LogP contribution in [0.3, 0.4) is 0 Å². The van der Waals surface area contributed by atoms with Crippen LogP contribution < -0.4 is 16.0 Å². The molecule has 72 heavy (non-hydrogen) atoms. The molecule has 0 bridgehead atoms. The second-order valence-corrected chi connectivity index (χ2v) is 17.5. The fourth-order valence-electron chi connectivity index (χ4n) is 9.40. The topological polar surface area (TPSA) is 215 Å². The number of rotatable bonds is 12. The van der Waals surface area contributed by atoms with Gasteiger partial charge in [-0.15, -0.1) is 0 Å². The van der Waals surface area contributed by atoms with Crippen LogP contribution in [0, 0.1) is 0 Å². The van der Waals surface area contributed by atoms with E-state index in [4.69, 9.17) is 4.74 Å². The van der Waals surface area contributed by atoms with Crippen LogP contribution in [0.1, 0.15) is 58.1 Å².